The summed E-state index contributed by atoms with van der Waals surface area (Å²) in [4.78, 5) is 0. The lowest BCUT2D eigenvalue weighted by atomic mass is 10.5. The maximum absolute atomic E-state index is 7.99. The summed E-state index contributed by atoms with van der Waals surface area (Å²) in [6.45, 7) is 0.453. The van der Waals surface area contributed by atoms with Crippen molar-refractivity contribution in [2.24, 2.45) is 0 Å². The van der Waals surface area contributed by atoms with E-state index in [1.807, 2.05) is 6.07 Å². The van der Waals surface area contributed by atoms with Gasteiger partial charge in [0.2, 0.25) is 0 Å². The van der Waals surface area contributed by atoms with Gasteiger partial charge in [-0.1, -0.05) is 0 Å². The lowest BCUT2D eigenvalue weighted by Crippen LogP contribution is -1.85. The van der Waals surface area contributed by atoms with E-state index in [1.165, 1.54) is 0 Å². The molecule has 5 heteroatoms. The van der Waals surface area contributed by atoms with Gasteiger partial charge < -0.3 is 4.52 Å². The van der Waals surface area contributed by atoms with E-state index in [2.05, 4.69) is 4.61 Å². The first-order chi connectivity index (χ1) is 3.91. The SMILES string of the molecule is N#CCCOPNCl. The smallest absolute Gasteiger partial charge is 0.101 e. The highest BCUT2D eigenvalue weighted by atomic mass is 35.5. The van der Waals surface area contributed by atoms with E-state index in [4.69, 9.17) is 21.6 Å². The molecule has 1 atom stereocenters. The van der Waals surface area contributed by atoms with Gasteiger partial charge in [-0.25, -0.2) is 0 Å². The van der Waals surface area contributed by atoms with Crippen LogP contribution in [0.4, 0.5) is 0 Å². The Kier molecular flexibility index (Phi) is 7.25. The second-order valence-electron chi connectivity index (χ2n) is 0.953. The van der Waals surface area contributed by atoms with Crippen molar-refractivity contribution in [3.05, 3.63) is 0 Å². The van der Waals surface area contributed by atoms with E-state index in [-0.39, 0.29) is 8.96 Å². The standard InChI is InChI=1S/C3H6ClN2OP/c4-6-8-7-3-1-2-5/h6,8H,1,3H2. The van der Waals surface area contributed by atoms with Gasteiger partial charge in [0.25, 0.3) is 0 Å². The van der Waals surface area contributed by atoms with Gasteiger partial charge in [-0.2, -0.15) is 9.87 Å². The summed E-state index contributed by atoms with van der Waals surface area (Å²) in [6.07, 6.45) is 0.422. The van der Waals surface area contributed by atoms with Crippen LogP contribution >= 0.6 is 20.7 Å². The molecule has 0 rings (SSSR count). The third-order valence-corrected chi connectivity index (χ3v) is 1.08. The fourth-order valence-corrected chi connectivity index (χ4v) is 0.597. The van der Waals surface area contributed by atoms with Crippen LogP contribution in [0.5, 0.6) is 0 Å². The normalized spacial score (nSPS) is 10.0. The zero-order valence-corrected chi connectivity index (χ0v) is 5.90. The zero-order valence-electron chi connectivity index (χ0n) is 4.15. The summed E-state index contributed by atoms with van der Waals surface area (Å²) in [5.41, 5.74) is 0. The molecule has 0 spiro atoms. The fourth-order valence-electron chi connectivity index (χ4n) is 0.175. The molecular formula is C3H6ClN2OP. The van der Waals surface area contributed by atoms with Gasteiger partial charge in [0.1, 0.15) is 8.96 Å². The molecule has 8 heavy (non-hydrogen) atoms. The number of hydrogen-bond donors (Lipinski definition) is 1. The summed E-state index contributed by atoms with van der Waals surface area (Å²) in [5.74, 6) is 0. The lowest BCUT2D eigenvalue weighted by molar-refractivity contribution is 0.372. The van der Waals surface area contributed by atoms with Crippen molar-refractivity contribution in [1.82, 2.24) is 4.61 Å². The van der Waals surface area contributed by atoms with E-state index in [0.717, 1.165) is 0 Å². The van der Waals surface area contributed by atoms with Crippen LogP contribution in [0.15, 0.2) is 0 Å². The molecule has 0 aromatic heterocycles. The fraction of sp³-hybridized carbons (Fsp3) is 0.667. The number of halogens is 1. The van der Waals surface area contributed by atoms with E-state index < -0.39 is 0 Å². The molecule has 0 aliphatic heterocycles. The van der Waals surface area contributed by atoms with Crippen molar-refractivity contribution in [2.45, 2.75) is 6.42 Å². The van der Waals surface area contributed by atoms with E-state index >= 15 is 0 Å². The summed E-state index contributed by atoms with van der Waals surface area (Å²) in [5, 5.41) is 7.99. The number of nitriles is 1. The predicted octanol–water partition coefficient (Wildman–Crippen LogP) is 1.17. The van der Waals surface area contributed by atoms with Crippen LogP contribution in [0.3, 0.4) is 0 Å². The Bertz CT molecular complexity index is 83.8. The average molecular weight is 153 g/mol. The van der Waals surface area contributed by atoms with Gasteiger partial charge in [-0.05, 0) is 11.8 Å². The Morgan fingerprint density at radius 2 is 2.62 bits per heavy atom. The Morgan fingerprint density at radius 1 is 1.88 bits per heavy atom. The van der Waals surface area contributed by atoms with Gasteiger partial charge in [0.15, 0.2) is 0 Å². The first kappa shape index (κ1) is 8.13. The molecule has 0 radical (unpaired) electrons. The maximum Gasteiger partial charge on any atom is 0.101 e. The highest BCUT2D eigenvalue weighted by molar-refractivity contribution is 7.31. The molecule has 0 fully saturated rings. The lowest BCUT2D eigenvalue weighted by Gasteiger charge is -1.93. The van der Waals surface area contributed by atoms with Gasteiger partial charge in [-0.3, -0.25) is 0 Å². The maximum atomic E-state index is 7.99. The van der Waals surface area contributed by atoms with Crippen molar-refractivity contribution < 1.29 is 4.52 Å². The molecular weight excluding hydrogens is 146 g/mol. The number of hydrogen-bond acceptors (Lipinski definition) is 3. The Morgan fingerprint density at radius 3 is 3.12 bits per heavy atom. The van der Waals surface area contributed by atoms with Crippen LogP contribution in [-0.2, 0) is 4.52 Å². The summed E-state index contributed by atoms with van der Waals surface area (Å²) in [6, 6.07) is 1.94. The van der Waals surface area contributed by atoms with Gasteiger partial charge in [-0.15, -0.1) is 0 Å². The van der Waals surface area contributed by atoms with Crippen molar-refractivity contribution in [2.75, 3.05) is 6.61 Å². The third kappa shape index (κ3) is 6.13. The summed E-state index contributed by atoms with van der Waals surface area (Å²) in [7, 11) is 0.0890. The van der Waals surface area contributed by atoms with Crippen LogP contribution in [-0.4, -0.2) is 6.61 Å². The third-order valence-electron chi connectivity index (χ3n) is 0.427. The van der Waals surface area contributed by atoms with Gasteiger partial charge >= 0.3 is 0 Å². The van der Waals surface area contributed by atoms with Crippen LogP contribution in [0.2, 0.25) is 0 Å². The van der Waals surface area contributed by atoms with Crippen LogP contribution < -0.4 is 4.61 Å². The molecule has 1 unspecified atom stereocenters. The number of nitrogens with one attached hydrogen (secondary N) is 1. The monoisotopic (exact) mass is 152 g/mol. The molecule has 0 aliphatic rings. The number of nitrogens with zero attached hydrogens (tertiary/aromatic N) is 1. The molecule has 1 N–H and O–H groups in total. The quantitative estimate of drug-likeness (QED) is 0.374. The molecule has 0 aliphatic carbocycles. The highest BCUT2D eigenvalue weighted by Crippen LogP contribution is 2.05. The molecule has 0 bridgehead atoms. The van der Waals surface area contributed by atoms with Crippen LogP contribution in [0, 0.1) is 11.3 Å². The second-order valence-corrected chi connectivity index (χ2v) is 2.20. The average Bonchev–Trinajstić information content (AvgIpc) is 1.81. The van der Waals surface area contributed by atoms with Crippen molar-refractivity contribution >= 4 is 20.7 Å². The molecule has 46 valence electrons. The second kappa shape index (κ2) is 7.13. The molecule has 3 nitrogen and oxygen atoms in total. The largest absolute Gasteiger partial charge is 0.344 e. The Hall–Kier alpha value is 0.130. The van der Waals surface area contributed by atoms with Crippen molar-refractivity contribution in [1.29, 1.82) is 5.26 Å². The van der Waals surface area contributed by atoms with E-state index in [9.17, 15) is 0 Å². The molecule has 0 saturated carbocycles. The number of rotatable bonds is 4. The molecule has 0 aromatic rings. The first-order valence-electron chi connectivity index (χ1n) is 2.01. The minimum atomic E-state index is 0.0890. The topological polar surface area (TPSA) is 45.0 Å². The van der Waals surface area contributed by atoms with E-state index in [1.54, 1.807) is 0 Å². The van der Waals surface area contributed by atoms with Crippen molar-refractivity contribution in [3.63, 3.8) is 0 Å². The highest BCUT2D eigenvalue weighted by Gasteiger charge is 1.81. The molecule has 0 saturated heterocycles. The molecule has 0 aromatic carbocycles. The minimum absolute atomic E-state index is 0.0890. The summed E-state index contributed by atoms with van der Waals surface area (Å²) < 4.78 is 7.08. The van der Waals surface area contributed by atoms with E-state index in [0.29, 0.717) is 13.0 Å². The van der Waals surface area contributed by atoms with Crippen molar-refractivity contribution in [3.8, 4) is 6.07 Å². The van der Waals surface area contributed by atoms with Gasteiger partial charge in [0, 0.05) is 0 Å². The van der Waals surface area contributed by atoms with Gasteiger partial charge in [0.05, 0.1) is 19.1 Å². The Labute approximate surface area is 55.0 Å². The summed E-state index contributed by atoms with van der Waals surface area (Å²) >= 11 is 5.03. The molecule has 0 heterocycles. The molecule has 0 amide bonds. The van der Waals surface area contributed by atoms with Crippen LogP contribution in [0.25, 0.3) is 0 Å². The predicted molar refractivity (Wildman–Crippen MR) is 33.5 cm³/mol. The Balaban J connectivity index is 2.65. The van der Waals surface area contributed by atoms with Crippen LogP contribution in [0.1, 0.15) is 6.42 Å². The first-order valence-corrected chi connectivity index (χ1v) is 3.30. The zero-order chi connectivity index (χ0) is 6.24. The minimum Gasteiger partial charge on any atom is -0.344 e.